The maximum Gasteiger partial charge on any atom is 0.472 e. The zero-order valence-corrected chi connectivity index (χ0v) is 43.6. The van der Waals surface area contributed by atoms with Gasteiger partial charge in [-0.1, -0.05) is 250 Å². The van der Waals surface area contributed by atoms with Crippen LogP contribution in [0.5, 0.6) is 0 Å². The lowest BCUT2D eigenvalue weighted by Crippen LogP contribution is -2.29. The lowest BCUT2D eigenvalue weighted by molar-refractivity contribution is -0.161. The molecule has 384 valence electrons. The number of phosphoric ester groups is 1. The number of ether oxygens (including phenoxy) is 2. The van der Waals surface area contributed by atoms with E-state index in [4.69, 9.17) is 24.3 Å². The molecule has 9 nitrogen and oxygen atoms in total. The molecule has 2 atom stereocenters. The average molecular weight is 940 g/mol. The smallest absolute Gasteiger partial charge is 0.462 e. The molecule has 0 aromatic carbocycles. The first-order valence-corrected chi connectivity index (χ1v) is 29.3. The van der Waals surface area contributed by atoms with Crippen molar-refractivity contribution >= 4 is 19.8 Å². The van der Waals surface area contributed by atoms with Crippen LogP contribution in [0.4, 0.5) is 0 Å². The first kappa shape index (κ1) is 63.5. The van der Waals surface area contributed by atoms with Gasteiger partial charge in [0.1, 0.15) is 6.61 Å². The zero-order chi connectivity index (χ0) is 47.4. The average Bonchev–Trinajstić information content (AvgIpc) is 3.30. The van der Waals surface area contributed by atoms with Crippen molar-refractivity contribution in [1.82, 2.24) is 0 Å². The molecular formula is C55H106NO8P. The number of hydrogen-bond acceptors (Lipinski definition) is 8. The van der Waals surface area contributed by atoms with E-state index in [0.29, 0.717) is 6.42 Å². The van der Waals surface area contributed by atoms with E-state index < -0.39 is 26.5 Å². The van der Waals surface area contributed by atoms with Crippen LogP contribution in [-0.2, 0) is 32.7 Å². The summed E-state index contributed by atoms with van der Waals surface area (Å²) in [7, 11) is -4.38. The van der Waals surface area contributed by atoms with E-state index >= 15 is 0 Å². The largest absolute Gasteiger partial charge is 0.472 e. The van der Waals surface area contributed by atoms with Gasteiger partial charge in [-0.2, -0.15) is 0 Å². The van der Waals surface area contributed by atoms with Crippen LogP contribution >= 0.6 is 7.82 Å². The Morgan fingerprint density at radius 2 is 0.800 bits per heavy atom. The quantitative estimate of drug-likeness (QED) is 0.0264. The molecule has 0 radical (unpaired) electrons. The van der Waals surface area contributed by atoms with Crippen LogP contribution in [0.3, 0.4) is 0 Å². The van der Waals surface area contributed by atoms with Crippen LogP contribution in [0.25, 0.3) is 0 Å². The van der Waals surface area contributed by atoms with E-state index in [0.717, 1.165) is 38.5 Å². The third-order valence-corrected chi connectivity index (χ3v) is 13.3. The van der Waals surface area contributed by atoms with Crippen molar-refractivity contribution in [2.24, 2.45) is 5.73 Å². The third kappa shape index (κ3) is 51.7. The van der Waals surface area contributed by atoms with Crippen LogP contribution in [0.2, 0.25) is 0 Å². The molecular weight excluding hydrogens is 834 g/mol. The van der Waals surface area contributed by atoms with E-state index in [-0.39, 0.29) is 38.6 Å². The maximum absolute atomic E-state index is 12.7. The lowest BCUT2D eigenvalue weighted by atomic mass is 10.0. The van der Waals surface area contributed by atoms with E-state index in [1.54, 1.807) is 0 Å². The minimum Gasteiger partial charge on any atom is -0.462 e. The van der Waals surface area contributed by atoms with Gasteiger partial charge in [-0.05, 0) is 44.9 Å². The minimum absolute atomic E-state index is 0.0564. The second-order valence-corrected chi connectivity index (χ2v) is 20.3. The Morgan fingerprint density at radius 3 is 1.17 bits per heavy atom. The normalized spacial score (nSPS) is 13.2. The van der Waals surface area contributed by atoms with Gasteiger partial charge in [0.2, 0.25) is 0 Å². The van der Waals surface area contributed by atoms with Crippen molar-refractivity contribution in [2.75, 3.05) is 26.4 Å². The summed E-state index contributed by atoms with van der Waals surface area (Å²) >= 11 is 0. The van der Waals surface area contributed by atoms with Gasteiger partial charge in [0.05, 0.1) is 13.2 Å². The van der Waals surface area contributed by atoms with Gasteiger partial charge in [-0.25, -0.2) is 4.57 Å². The molecule has 3 N–H and O–H groups in total. The van der Waals surface area contributed by atoms with Crippen molar-refractivity contribution in [3.63, 3.8) is 0 Å². The van der Waals surface area contributed by atoms with Crippen LogP contribution in [0, 0.1) is 0 Å². The number of unbranched alkanes of at least 4 members (excludes halogenated alkanes) is 36. The number of allylic oxidation sites excluding steroid dienone is 4. The van der Waals surface area contributed by atoms with Gasteiger partial charge < -0.3 is 20.1 Å². The first-order chi connectivity index (χ1) is 31.8. The van der Waals surface area contributed by atoms with E-state index in [2.05, 4.69) is 38.2 Å². The summed E-state index contributed by atoms with van der Waals surface area (Å²) in [4.78, 5) is 35.1. The van der Waals surface area contributed by atoms with Crippen LogP contribution in [-0.4, -0.2) is 49.3 Å². The molecule has 0 amide bonds. The predicted molar refractivity (Wildman–Crippen MR) is 275 cm³/mol. The number of carbonyl (C=O) groups excluding carboxylic acids is 2. The molecule has 0 aliphatic carbocycles. The Kier molecular flexibility index (Phi) is 50.7. The monoisotopic (exact) mass is 940 g/mol. The fraction of sp³-hybridized carbons (Fsp3) is 0.891. The summed E-state index contributed by atoms with van der Waals surface area (Å²) in [6, 6.07) is 0. The lowest BCUT2D eigenvalue weighted by Gasteiger charge is -2.19. The molecule has 0 aliphatic rings. The second-order valence-electron chi connectivity index (χ2n) is 18.8. The Balaban J connectivity index is 3.90. The zero-order valence-electron chi connectivity index (χ0n) is 42.7. The van der Waals surface area contributed by atoms with E-state index in [1.807, 2.05) is 0 Å². The maximum atomic E-state index is 12.7. The fourth-order valence-electron chi connectivity index (χ4n) is 8.20. The summed E-state index contributed by atoms with van der Waals surface area (Å²) in [6.07, 6.45) is 59.5. The van der Waals surface area contributed by atoms with Gasteiger partial charge in [-0.15, -0.1) is 0 Å². The topological polar surface area (TPSA) is 134 Å². The van der Waals surface area contributed by atoms with Crippen molar-refractivity contribution in [3.05, 3.63) is 24.3 Å². The number of hydrogen-bond donors (Lipinski definition) is 2. The summed E-state index contributed by atoms with van der Waals surface area (Å²) in [5.41, 5.74) is 5.37. The van der Waals surface area contributed by atoms with Gasteiger partial charge in [0.15, 0.2) is 6.10 Å². The van der Waals surface area contributed by atoms with E-state index in [1.165, 1.54) is 212 Å². The predicted octanol–water partition coefficient (Wildman–Crippen LogP) is 17.1. The van der Waals surface area contributed by atoms with Gasteiger partial charge in [-0.3, -0.25) is 18.6 Å². The molecule has 2 unspecified atom stereocenters. The van der Waals surface area contributed by atoms with Crippen LogP contribution < -0.4 is 5.73 Å². The molecule has 0 bridgehead atoms. The van der Waals surface area contributed by atoms with Crippen molar-refractivity contribution < 1.29 is 37.6 Å². The summed E-state index contributed by atoms with van der Waals surface area (Å²) in [5, 5.41) is 0. The molecule has 0 saturated carbocycles. The van der Waals surface area contributed by atoms with Gasteiger partial charge in [0.25, 0.3) is 0 Å². The SMILES string of the molecule is CCCCCCC/C=C\C/C=C\CCCCCCCCCCCCCCCCCCCC(=O)OC(COC(=O)CCCCCCCCCCCCCCCCC)COP(=O)(O)OCCN. The Hall–Kier alpha value is -1.51. The minimum atomic E-state index is -4.38. The number of carbonyl (C=O) groups is 2. The number of phosphoric acid groups is 1. The molecule has 0 fully saturated rings. The molecule has 0 spiro atoms. The summed E-state index contributed by atoms with van der Waals surface area (Å²) in [6.45, 7) is 3.78. The standard InChI is InChI=1S/C55H106NO8P/c1-3-5-7-9-11-13-15-17-19-20-21-22-23-24-25-26-27-28-29-30-31-32-34-36-38-40-42-44-46-48-55(58)64-53(52-63-65(59,60)62-50-49-56)51-61-54(57)47-45-43-41-39-37-35-33-18-16-14-12-10-8-6-4-2/h15,17,20-21,53H,3-14,16,18-19,22-52,56H2,1-2H3,(H,59,60)/b17-15-,21-20-. The highest BCUT2D eigenvalue weighted by Crippen LogP contribution is 2.43. The van der Waals surface area contributed by atoms with Gasteiger partial charge in [0, 0.05) is 19.4 Å². The van der Waals surface area contributed by atoms with Crippen LogP contribution in [0.1, 0.15) is 284 Å². The van der Waals surface area contributed by atoms with Crippen molar-refractivity contribution in [2.45, 2.75) is 290 Å². The van der Waals surface area contributed by atoms with E-state index in [9.17, 15) is 19.0 Å². The first-order valence-electron chi connectivity index (χ1n) is 27.8. The Morgan fingerprint density at radius 1 is 0.462 bits per heavy atom. The molecule has 0 aromatic heterocycles. The second kappa shape index (κ2) is 51.9. The summed E-state index contributed by atoms with van der Waals surface area (Å²) < 4.78 is 33.0. The van der Waals surface area contributed by atoms with Crippen molar-refractivity contribution in [1.29, 1.82) is 0 Å². The fourth-order valence-corrected chi connectivity index (χ4v) is 8.96. The molecule has 0 aromatic rings. The number of nitrogens with two attached hydrogens (primary N) is 1. The van der Waals surface area contributed by atoms with Crippen LogP contribution in [0.15, 0.2) is 24.3 Å². The van der Waals surface area contributed by atoms with Crippen molar-refractivity contribution in [3.8, 4) is 0 Å². The molecule has 0 aliphatic heterocycles. The highest BCUT2D eigenvalue weighted by Gasteiger charge is 2.26. The molecule has 0 saturated heterocycles. The Labute approximate surface area is 402 Å². The molecule has 0 rings (SSSR count). The molecule has 65 heavy (non-hydrogen) atoms. The summed E-state index contributed by atoms with van der Waals surface area (Å²) in [5.74, 6) is -0.811. The number of rotatable bonds is 53. The molecule has 0 heterocycles. The Bertz CT molecular complexity index is 1120. The third-order valence-electron chi connectivity index (χ3n) is 12.3. The molecule has 10 heteroatoms. The highest BCUT2D eigenvalue weighted by atomic mass is 31.2. The van der Waals surface area contributed by atoms with Gasteiger partial charge >= 0.3 is 19.8 Å². The number of esters is 2. The highest BCUT2D eigenvalue weighted by molar-refractivity contribution is 7.47.